The van der Waals surface area contributed by atoms with E-state index in [9.17, 15) is 0 Å². The van der Waals surface area contributed by atoms with Crippen LogP contribution in [0, 0.1) is 5.92 Å². The third-order valence-corrected chi connectivity index (χ3v) is 3.39. The fourth-order valence-electron chi connectivity index (χ4n) is 1.98. The summed E-state index contributed by atoms with van der Waals surface area (Å²) in [6, 6.07) is 0.983. The van der Waals surface area contributed by atoms with Gasteiger partial charge in [-0.2, -0.15) is 0 Å². The van der Waals surface area contributed by atoms with Crippen LogP contribution in [0.2, 0.25) is 0 Å². The first-order chi connectivity index (χ1) is 6.50. The molecule has 0 bridgehead atoms. The average Bonchev–Trinajstić information content (AvgIpc) is 2.09. The molecule has 1 heterocycles. The van der Waals surface area contributed by atoms with Crippen molar-refractivity contribution in [2.45, 2.75) is 32.9 Å². The first kappa shape index (κ1) is 12.0. The highest BCUT2D eigenvalue weighted by molar-refractivity contribution is 4.80. The Labute approximate surface area is 88.2 Å². The lowest BCUT2D eigenvalue weighted by Crippen LogP contribution is -2.52. The van der Waals surface area contributed by atoms with Gasteiger partial charge in [0.05, 0.1) is 0 Å². The summed E-state index contributed by atoms with van der Waals surface area (Å²) >= 11 is 0. The van der Waals surface area contributed by atoms with Crippen LogP contribution in [0.1, 0.15) is 20.8 Å². The van der Waals surface area contributed by atoms with Gasteiger partial charge in [0.15, 0.2) is 0 Å². The van der Waals surface area contributed by atoms with Crippen LogP contribution in [-0.2, 0) is 0 Å². The number of nitrogens with zero attached hydrogens (tertiary/aromatic N) is 2. The Bertz CT molecular complexity index is 170. The molecule has 0 aromatic carbocycles. The molecule has 3 unspecified atom stereocenters. The van der Waals surface area contributed by atoms with Gasteiger partial charge in [-0.05, 0) is 26.8 Å². The lowest BCUT2D eigenvalue weighted by molar-refractivity contribution is 0.0842. The summed E-state index contributed by atoms with van der Waals surface area (Å²) in [5.41, 5.74) is 5.89. The Hall–Kier alpha value is -0.120. The van der Waals surface area contributed by atoms with Crippen molar-refractivity contribution in [2.24, 2.45) is 11.7 Å². The fourth-order valence-corrected chi connectivity index (χ4v) is 1.98. The van der Waals surface area contributed by atoms with Crippen LogP contribution >= 0.6 is 0 Å². The van der Waals surface area contributed by atoms with Crippen LogP contribution in [0.4, 0.5) is 0 Å². The molecule has 3 nitrogen and oxygen atoms in total. The second kappa shape index (κ2) is 5.10. The van der Waals surface area contributed by atoms with Crippen LogP contribution in [0.25, 0.3) is 0 Å². The van der Waals surface area contributed by atoms with E-state index >= 15 is 0 Å². The van der Waals surface area contributed by atoms with Gasteiger partial charge in [-0.3, -0.25) is 4.90 Å². The van der Waals surface area contributed by atoms with Crippen molar-refractivity contribution in [1.82, 2.24) is 9.80 Å². The molecule has 0 aromatic rings. The maximum Gasteiger partial charge on any atom is 0.0195 e. The van der Waals surface area contributed by atoms with Crippen LogP contribution in [0.3, 0.4) is 0 Å². The van der Waals surface area contributed by atoms with Gasteiger partial charge < -0.3 is 10.6 Å². The van der Waals surface area contributed by atoms with Crippen LogP contribution in [0.15, 0.2) is 0 Å². The molecule has 1 fully saturated rings. The SMILES string of the molecule is CC(N)C(C)CN1CCN(C)CC1C. The van der Waals surface area contributed by atoms with Crippen molar-refractivity contribution in [3.8, 4) is 0 Å². The van der Waals surface area contributed by atoms with E-state index in [0.29, 0.717) is 18.0 Å². The van der Waals surface area contributed by atoms with Gasteiger partial charge >= 0.3 is 0 Å². The zero-order valence-corrected chi connectivity index (χ0v) is 10.0. The fraction of sp³-hybridized carbons (Fsp3) is 1.00. The molecule has 1 rings (SSSR count). The normalized spacial score (nSPS) is 30.2. The quantitative estimate of drug-likeness (QED) is 0.723. The Morgan fingerprint density at radius 3 is 2.50 bits per heavy atom. The Kier molecular flexibility index (Phi) is 4.35. The van der Waals surface area contributed by atoms with Crippen LogP contribution < -0.4 is 5.73 Å². The van der Waals surface area contributed by atoms with E-state index in [1.165, 1.54) is 19.6 Å². The monoisotopic (exact) mass is 199 g/mol. The van der Waals surface area contributed by atoms with E-state index < -0.39 is 0 Å². The van der Waals surface area contributed by atoms with E-state index in [2.05, 4.69) is 37.6 Å². The van der Waals surface area contributed by atoms with Gasteiger partial charge in [-0.1, -0.05) is 6.92 Å². The molecule has 0 spiro atoms. The van der Waals surface area contributed by atoms with Gasteiger partial charge in [0, 0.05) is 38.3 Å². The van der Waals surface area contributed by atoms with Gasteiger partial charge in [-0.15, -0.1) is 0 Å². The Morgan fingerprint density at radius 1 is 1.36 bits per heavy atom. The van der Waals surface area contributed by atoms with Gasteiger partial charge in [0.2, 0.25) is 0 Å². The Balaban J connectivity index is 2.37. The summed E-state index contributed by atoms with van der Waals surface area (Å²) in [7, 11) is 2.20. The molecule has 3 atom stereocenters. The molecular weight excluding hydrogens is 174 g/mol. The molecule has 0 saturated carbocycles. The topological polar surface area (TPSA) is 32.5 Å². The number of hydrogen-bond acceptors (Lipinski definition) is 3. The number of piperazine rings is 1. The van der Waals surface area contributed by atoms with E-state index in [1.807, 2.05) is 0 Å². The number of likely N-dealkylation sites (N-methyl/N-ethyl adjacent to an activating group) is 1. The summed E-state index contributed by atoms with van der Waals surface area (Å²) in [4.78, 5) is 4.96. The molecule has 3 heteroatoms. The van der Waals surface area contributed by atoms with Gasteiger partial charge in [-0.25, -0.2) is 0 Å². The predicted octanol–water partition coefficient (Wildman–Crippen LogP) is 0.606. The summed E-state index contributed by atoms with van der Waals surface area (Å²) in [6.07, 6.45) is 0. The molecule has 84 valence electrons. The summed E-state index contributed by atoms with van der Waals surface area (Å²) < 4.78 is 0. The molecule has 14 heavy (non-hydrogen) atoms. The van der Waals surface area contributed by atoms with Crippen LogP contribution in [0.5, 0.6) is 0 Å². The molecule has 0 aliphatic carbocycles. The second-order valence-electron chi connectivity index (χ2n) is 4.94. The summed E-state index contributed by atoms with van der Waals surface area (Å²) in [6.45, 7) is 11.4. The summed E-state index contributed by atoms with van der Waals surface area (Å²) in [5, 5.41) is 0. The molecule has 1 aliphatic heterocycles. The third kappa shape index (κ3) is 3.23. The van der Waals surface area contributed by atoms with E-state index in [-0.39, 0.29) is 0 Å². The lowest BCUT2D eigenvalue weighted by Gasteiger charge is -2.40. The smallest absolute Gasteiger partial charge is 0.0195 e. The molecule has 0 radical (unpaired) electrons. The van der Waals surface area contributed by atoms with Gasteiger partial charge in [0.25, 0.3) is 0 Å². The zero-order valence-electron chi connectivity index (χ0n) is 10.0. The lowest BCUT2D eigenvalue weighted by atomic mass is 10.0. The zero-order chi connectivity index (χ0) is 10.7. The van der Waals surface area contributed by atoms with Crippen molar-refractivity contribution in [1.29, 1.82) is 0 Å². The van der Waals surface area contributed by atoms with E-state index in [0.717, 1.165) is 6.54 Å². The molecule has 0 amide bonds. The maximum absolute atomic E-state index is 5.89. The van der Waals surface area contributed by atoms with Crippen molar-refractivity contribution >= 4 is 0 Å². The summed E-state index contributed by atoms with van der Waals surface area (Å²) in [5.74, 6) is 0.598. The first-order valence-electron chi connectivity index (χ1n) is 5.69. The van der Waals surface area contributed by atoms with Gasteiger partial charge in [0.1, 0.15) is 0 Å². The minimum Gasteiger partial charge on any atom is -0.328 e. The molecule has 1 saturated heterocycles. The van der Waals surface area contributed by atoms with Crippen LogP contribution in [-0.4, -0.2) is 55.1 Å². The van der Waals surface area contributed by atoms with Crippen molar-refractivity contribution < 1.29 is 0 Å². The minimum atomic E-state index is 0.307. The maximum atomic E-state index is 5.89. The third-order valence-electron chi connectivity index (χ3n) is 3.39. The number of nitrogens with two attached hydrogens (primary N) is 1. The highest BCUT2D eigenvalue weighted by Crippen LogP contribution is 2.11. The predicted molar refractivity (Wildman–Crippen MR) is 61.3 cm³/mol. The molecular formula is C11H25N3. The largest absolute Gasteiger partial charge is 0.328 e. The standard InChI is InChI=1S/C11H25N3/c1-9(11(3)12)7-14-6-5-13(4)8-10(14)2/h9-11H,5-8,12H2,1-4H3. The van der Waals surface area contributed by atoms with E-state index in [1.54, 1.807) is 0 Å². The van der Waals surface area contributed by atoms with Crippen molar-refractivity contribution in [3.05, 3.63) is 0 Å². The van der Waals surface area contributed by atoms with E-state index in [4.69, 9.17) is 5.73 Å². The first-order valence-corrected chi connectivity index (χ1v) is 5.69. The second-order valence-corrected chi connectivity index (χ2v) is 4.94. The molecule has 2 N–H and O–H groups in total. The highest BCUT2D eigenvalue weighted by Gasteiger charge is 2.23. The van der Waals surface area contributed by atoms with Crippen molar-refractivity contribution in [3.63, 3.8) is 0 Å². The van der Waals surface area contributed by atoms with Crippen molar-refractivity contribution in [2.75, 3.05) is 33.2 Å². The molecule has 1 aliphatic rings. The highest BCUT2D eigenvalue weighted by atomic mass is 15.3. The number of hydrogen-bond donors (Lipinski definition) is 1. The number of rotatable bonds is 3. The Morgan fingerprint density at radius 2 is 2.00 bits per heavy atom. The minimum absolute atomic E-state index is 0.307. The average molecular weight is 199 g/mol. The molecule has 0 aromatic heterocycles.